The minimum atomic E-state index is -1.33. The van der Waals surface area contributed by atoms with E-state index < -0.39 is 10.8 Å². The van der Waals surface area contributed by atoms with Gasteiger partial charge in [-0.2, -0.15) is 0 Å². The van der Waals surface area contributed by atoms with Crippen LogP contribution in [0.3, 0.4) is 0 Å². The number of aromatic nitrogens is 1. The molecule has 5 nitrogen and oxygen atoms in total. The number of carbonyl (C=O) groups is 1. The predicted octanol–water partition coefficient (Wildman–Crippen LogP) is 3.79. The molecule has 29 heavy (non-hydrogen) atoms. The number of carbonyl (C=O) groups excluding carboxylic acids is 1. The zero-order valence-corrected chi connectivity index (χ0v) is 17.5. The van der Waals surface area contributed by atoms with Crippen molar-refractivity contribution in [1.82, 2.24) is 9.88 Å². The fourth-order valence-corrected chi connectivity index (χ4v) is 4.66. The van der Waals surface area contributed by atoms with Gasteiger partial charge in [-0.1, -0.05) is 42.0 Å². The number of aryl methyl sites for hydroxylation is 2. The molecule has 0 spiro atoms. The summed E-state index contributed by atoms with van der Waals surface area (Å²) in [7, 11) is -1.33. The highest BCUT2D eigenvalue weighted by Crippen LogP contribution is 2.23. The Balaban J connectivity index is 1.39. The van der Waals surface area contributed by atoms with Gasteiger partial charge in [0, 0.05) is 29.5 Å². The number of nitrogens with zero attached hydrogens (tertiary/aromatic N) is 2. The Morgan fingerprint density at radius 2 is 1.83 bits per heavy atom. The van der Waals surface area contributed by atoms with Crippen LogP contribution in [0.4, 0.5) is 0 Å². The van der Waals surface area contributed by atoms with Crippen LogP contribution in [0.2, 0.25) is 0 Å². The van der Waals surface area contributed by atoms with E-state index in [0.717, 1.165) is 17.5 Å². The summed E-state index contributed by atoms with van der Waals surface area (Å²) in [5, 5.41) is 0. The van der Waals surface area contributed by atoms with Gasteiger partial charge in [0.05, 0.1) is 11.4 Å². The van der Waals surface area contributed by atoms with Gasteiger partial charge in [0.1, 0.15) is 11.5 Å². The molecule has 0 aliphatic carbocycles. The van der Waals surface area contributed by atoms with E-state index in [-0.39, 0.29) is 17.4 Å². The Hall–Kier alpha value is -2.73. The molecule has 1 aliphatic heterocycles. The lowest BCUT2D eigenvalue weighted by atomic mass is 10.00. The Labute approximate surface area is 173 Å². The summed E-state index contributed by atoms with van der Waals surface area (Å²) < 4.78 is 18.4. The highest BCUT2D eigenvalue weighted by molar-refractivity contribution is 7.84. The third kappa shape index (κ3) is 4.48. The Morgan fingerprint density at radius 1 is 1.10 bits per heavy atom. The fraction of sp³-hybridized carbons (Fsp3) is 0.304. The van der Waals surface area contributed by atoms with Crippen LogP contribution in [0.5, 0.6) is 0 Å². The van der Waals surface area contributed by atoms with Crippen LogP contribution in [0, 0.1) is 13.8 Å². The molecule has 0 unspecified atom stereocenters. The number of benzene rings is 2. The molecule has 1 amide bonds. The fourth-order valence-electron chi connectivity index (χ4n) is 3.52. The van der Waals surface area contributed by atoms with Crippen molar-refractivity contribution in [2.24, 2.45) is 0 Å². The van der Waals surface area contributed by atoms with Crippen molar-refractivity contribution < 1.29 is 13.4 Å². The van der Waals surface area contributed by atoms with Crippen molar-refractivity contribution >= 4 is 16.7 Å². The first-order chi connectivity index (χ1) is 14.0. The lowest BCUT2D eigenvalue weighted by molar-refractivity contribution is -0.129. The molecule has 0 N–H and O–H groups in total. The van der Waals surface area contributed by atoms with Crippen LogP contribution in [0.15, 0.2) is 52.9 Å². The van der Waals surface area contributed by atoms with Crippen LogP contribution in [0.1, 0.15) is 28.1 Å². The van der Waals surface area contributed by atoms with Crippen molar-refractivity contribution in [2.45, 2.75) is 32.6 Å². The van der Waals surface area contributed by atoms with Crippen LogP contribution in [-0.2, 0) is 34.3 Å². The zero-order chi connectivity index (χ0) is 20.4. The molecule has 0 radical (unpaired) electrons. The average molecular weight is 409 g/mol. The number of rotatable bonds is 5. The Morgan fingerprint density at radius 3 is 2.59 bits per heavy atom. The molecule has 0 saturated carbocycles. The summed E-state index contributed by atoms with van der Waals surface area (Å²) in [6.45, 7) is 5.11. The van der Waals surface area contributed by atoms with E-state index in [1.165, 1.54) is 11.1 Å². The molecule has 6 heteroatoms. The SMILES string of the molecule is Cc1ccc(-c2nc(C[S@@](=O)CC(=O)N3CCc4ccccc4C3)c(C)o2)cc1. The van der Waals surface area contributed by atoms with Crippen LogP contribution >= 0.6 is 0 Å². The van der Waals surface area contributed by atoms with Gasteiger partial charge in [-0.3, -0.25) is 9.00 Å². The predicted molar refractivity (Wildman–Crippen MR) is 114 cm³/mol. The third-order valence-corrected chi connectivity index (χ3v) is 6.42. The summed E-state index contributed by atoms with van der Waals surface area (Å²) in [4.78, 5) is 19.0. The van der Waals surface area contributed by atoms with E-state index in [9.17, 15) is 9.00 Å². The molecule has 150 valence electrons. The van der Waals surface area contributed by atoms with Crippen molar-refractivity contribution in [1.29, 1.82) is 0 Å². The quantitative estimate of drug-likeness (QED) is 0.644. The topological polar surface area (TPSA) is 63.4 Å². The minimum absolute atomic E-state index is 0.00827. The van der Waals surface area contributed by atoms with Gasteiger partial charge in [0.25, 0.3) is 0 Å². The summed E-state index contributed by atoms with van der Waals surface area (Å²) >= 11 is 0. The average Bonchev–Trinajstić information content (AvgIpc) is 3.08. The van der Waals surface area contributed by atoms with E-state index in [0.29, 0.717) is 30.4 Å². The van der Waals surface area contributed by atoms with Crippen LogP contribution in [0.25, 0.3) is 11.5 Å². The summed E-state index contributed by atoms with van der Waals surface area (Å²) in [5.41, 5.74) is 5.17. The Bertz CT molecular complexity index is 1060. The van der Waals surface area contributed by atoms with Gasteiger partial charge < -0.3 is 9.32 Å². The maximum atomic E-state index is 12.6. The van der Waals surface area contributed by atoms with Crippen molar-refractivity contribution in [2.75, 3.05) is 12.3 Å². The second kappa shape index (κ2) is 8.33. The summed E-state index contributed by atoms with van der Waals surface area (Å²) in [5.74, 6) is 1.32. The number of hydrogen-bond acceptors (Lipinski definition) is 4. The number of oxazole rings is 1. The number of amides is 1. The smallest absolute Gasteiger partial charge is 0.235 e. The van der Waals surface area contributed by atoms with Crippen molar-refractivity contribution in [3.05, 3.63) is 76.7 Å². The normalized spacial score (nSPS) is 14.5. The van der Waals surface area contributed by atoms with Crippen LogP contribution < -0.4 is 0 Å². The molecular weight excluding hydrogens is 384 g/mol. The first-order valence-corrected chi connectivity index (χ1v) is 11.2. The second-order valence-corrected chi connectivity index (χ2v) is 8.91. The lowest BCUT2D eigenvalue weighted by Gasteiger charge is -2.28. The van der Waals surface area contributed by atoms with E-state index >= 15 is 0 Å². The molecule has 2 aromatic carbocycles. The molecule has 0 bridgehead atoms. The molecule has 1 atom stereocenters. The standard InChI is InChI=1S/C23H24N2O3S/c1-16-7-9-19(10-8-16)23-24-21(17(2)28-23)14-29(27)15-22(26)25-12-11-18-5-3-4-6-20(18)13-25/h3-10H,11-15H2,1-2H3/t29-/m1/s1. The summed E-state index contributed by atoms with van der Waals surface area (Å²) in [6, 6.07) is 16.1. The van der Waals surface area contributed by atoms with E-state index in [2.05, 4.69) is 17.1 Å². The van der Waals surface area contributed by atoms with E-state index in [1.54, 1.807) is 4.90 Å². The van der Waals surface area contributed by atoms with Crippen LogP contribution in [-0.4, -0.2) is 32.3 Å². The first-order valence-electron chi connectivity index (χ1n) is 9.72. The van der Waals surface area contributed by atoms with Gasteiger partial charge in [0.2, 0.25) is 11.8 Å². The van der Waals surface area contributed by atoms with Gasteiger partial charge in [0.15, 0.2) is 0 Å². The van der Waals surface area contributed by atoms with Gasteiger partial charge >= 0.3 is 0 Å². The minimum Gasteiger partial charge on any atom is -0.441 e. The highest BCUT2D eigenvalue weighted by Gasteiger charge is 2.23. The molecule has 3 aromatic rings. The zero-order valence-electron chi connectivity index (χ0n) is 16.7. The molecular formula is C23H24N2O3S. The van der Waals surface area contributed by atoms with Gasteiger partial charge in [-0.15, -0.1) is 0 Å². The molecule has 4 rings (SSSR count). The highest BCUT2D eigenvalue weighted by atomic mass is 32.2. The lowest BCUT2D eigenvalue weighted by Crippen LogP contribution is -2.38. The largest absolute Gasteiger partial charge is 0.441 e. The van der Waals surface area contributed by atoms with E-state index in [1.807, 2.05) is 50.2 Å². The maximum absolute atomic E-state index is 12.6. The first kappa shape index (κ1) is 19.6. The molecule has 1 aromatic heterocycles. The Kier molecular flexibility index (Phi) is 5.62. The van der Waals surface area contributed by atoms with Crippen molar-refractivity contribution in [3.8, 4) is 11.5 Å². The number of hydrogen-bond donors (Lipinski definition) is 0. The maximum Gasteiger partial charge on any atom is 0.235 e. The molecule has 2 heterocycles. The van der Waals surface area contributed by atoms with Crippen molar-refractivity contribution in [3.63, 3.8) is 0 Å². The summed E-state index contributed by atoms with van der Waals surface area (Å²) in [6.07, 6.45) is 0.844. The van der Waals surface area contributed by atoms with Gasteiger partial charge in [-0.25, -0.2) is 4.98 Å². The monoisotopic (exact) mass is 408 g/mol. The third-order valence-electron chi connectivity index (χ3n) is 5.26. The number of fused-ring (bicyclic) bond motifs is 1. The van der Waals surface area contributed by atoms with E-state index in [4.69, 9.17) is 4.42 Å². The molecule has 0 saturated heterocycles. The molecule has 0 fully saturated rings. The second-order valence-electron chi connectivity index (χ2n) is 7.45. The van der Waals surface area contributed by atoms with Gasteiger partial charge in [-0.05, 0) is 43.5 Å². The molecule has 1 aliphatic rings.